The molecule has 0 saturated carbocycles. The lowest BCUT2D eigenvalue weighted by atomic mass is 9.98. The van der Waals surface area contributed by atoms with E-state index in [-0.39, 0.29) is 25.0 Å². The number of hydrogen-bond acceptors (Lipinski definition) is 4. The van der Waals surface area contributed by atoms with Gasteiger partial charge in [0.2, 0.25) is 5.91 Å². The minimum absolute atomic E-state index is 0.00944. The van der Waals surface area contributed by atoms with Gasteiger partial charge in [0.1, 0.15) is 12.6 Å². The van der Waals surface area contributed by atoms with Crippen molar-refractivity contribution in [3.8, 4) is 11.1 Å². The first-order valence-corrected chi connectivity index (χ1v) is 10.4. The number of benzene rings is 2. The van der Waals surface area contributed by atoms with Crippen LogP contribution in [0.5, 0.6) is 0 Å². The summed E-state index contributed by atoms with van der Waals surface area (Å²) in [4.78, 5) is 36.8. The highest BCUT2D eigenvalue weighted by molar-refractivity contribution is 5.84. The zero-order valence-corrected chi connectivity index (χ0v) is 18.0. The van der Waals surface area contributed by atoms with Crippen LogP contribution in [0, 0.1) is 5.92 Å². The molecule has 164 valence electrons. The maximum Gasteiger partial charge on any atom is 0.407 e. The first kappa shape index (κ1) is 22.3. The number of nitrogens with zero attached hydrogens (tertiary/aromatic N) is 1. The van der Waals surface area contributed by atoms with Crippen molar-refractivity contribution in [1.29, 1.82) is 0 Å². The van der Waals surface area contributed by atoms with E-state index in [0.29, 0.717) is 6.42 Å². The van der Waals surface area contributed by atoms with Crippen LogP contribution in [-0.2, 0) is 14.3 Å². The number of hydrogen-bond donors (Lipinski definition) is 2. The van der Waals surface area contributed by atoms with E-state index in [9.17, 15) is 14.4 Å². The summed E-state index contributed by atoms with van der Waals surface area (Å²) in [5.41, 5.74) is 4.62. The van der Waals surface area contributed by atoms with Gasteiger partial charge in [0.25, 0.3) is 0 Å². The number of carbonyl (C=O) groups excluding carboxylic acids is 2. The average Bonchev–Trinajstić information content (AvgIpc) is 3.09. The molecule has 2 N–H and O–H groups in total. The lowest BCUT2D eigenvalue weighted by molar-refractivity contribution is -0.149. The molecule has 2 aromatic rings. The van der Waals surface area contributed by atoms with Crippen molar-refractivity contribution in [3.63, 3.8) is 0 Å². The standard InChI is InChI=1S/C24H28N2O5/c1-15(22(27)26(3)16(2)23(28)29)12-13-25-24(30)31-14-21-19-10-6-4-8-17(19)18-9-5-7-11-20(18)21/h4-11,15-16,21H,12-14H2,1-3H3,(H,25,30)(H,28,29). The third-order valence-electron chi connectivity index (χ3n) is 5.90. The molecule has 0 aromatic heterocycles. The summed E-state index contributed by atoms with van der Waals surface area (Å²) in [6, 6.07) is 15.4. The molecule has 2 amide bonds. The van der Waals surface area contributed by atoms with E-state index >= 15 is 0 Å². The van der Waals surface area contributed by atoms with Crippen molar-refractivity contribution in [2.45, 2.75) is 32.2 Å². The summed E-state index contributed by atoms with van der Waals surface area (Å²) in [5.74, 6) is -1.76. The van der Waals surface area contributed by atoms with Gasteiger partial charge in [-0.2, -0.15) is 0 Å². The van der Waals surface area contributed by atoms with Gasteiger partial charge in [-0.1, -0.05) is 55.5 Å². The zero-order valence-electron chi connectivity index (χ0n) is 18.0. The molecule has 31 heavy (non-hydrogen) atoms. The van der Waals surface area contributed by atoms with Crippen molar-refractivity contribution in [3.05, 3.63) is 59.7 Å². The third-order valence-corrected chi connectivity index (χ3v) is 5.90. The number of carboxylic acids is 1. The van der Waals surface area contributed by atoms with Gasteiger partial charge in [-0.05, 0) is 35.6 Å². The number of nitrogens with one attached hydrogen (secondary N) is 1. The molecule has 0 saturated heterocycles. The van der Waals surface area contributed by atoms with Crippen molar-refractivity contribution < 1.29 is 24.2 Å². The Bertz CT molecular complexity index is 928. The van der Waals surface area contributed by atoms with E-state index in [2.05, 4.69) is 29.6 Å². The fraction of sp³-hybridized carbons (Fsp3) is 0.375. The summed E-state index contributed by atoms with van der Waals surface area (Å²) in [7, 11) is 1.47. The largest absolute Gasteiger partial charge is 0.480 e. The van der Waals surface area contributed by atoms with E-state index in [0.717, 1.165) is 11.1 Å². The van der Waals surface area contributed by atoms with Gasteiger partial charge in [0, 0.05) is 25.4 Å². The SMILES string of the molecule is CC(CCNC(=O)OCC1c2ccccc2-c2ccccc21)C(=O)N(C)C(C)C(=O)O. The van der Waals surface area contributed by atoms with Crippen LogP contribution in [0.3, 0.4) is 0 Å². The summed E-state index contributed by atoms with van der Waals surface area (Å²) < 4.78 is 5.48. The highest BCUT2D eigenvalue weighted by atomic mass is 16.5. The van der Waals surface area contributed by atoms with Crippen LogP contribution in [0.25, 0.3) is 11.1 Å². The second-order valence-electron chi connectivity index (χ2n) is 7.91. The fourth-order valence-electron chi connectivity index (χ4n) is 3.87. The predicted molar refractivity (Wildman–Crippen MR) is 117 cm³/mol. The fourth-order valence-corrected chi connectivity index (χ4v) is 3.87. The molecule has 0 radical (unpaired) electrons. The Morgan fingerprint density at radius 2 is 1.58 bits per heavy atom. The molecule has 1 aliphatic rings. The number of aliphatic carboxylic acids is 1. The Labute approximate surface area is 182 Å². The summed E-state index contributed by atoms with van der Waals surface area (Å²) in [5, 5.41) is 11.7. The van der Waals surface area contributed by atoms with E-state index in [1.54, 1.807) is 6.92 Å². The van der Waals surface area contributed by atoms with Gasteiger partial charge in [-0.3, -0.25) is 4.79 Å². The number of carbonyl (C=O) groups is 3. The van der Waals surface area contributed by atoms with Gasteiger partial charge in [-0.15, -0.1) is 0 Å². The van der Waals surface area contributed by atoms with E-state index in [1.807, 2.05) is 24.3 Å². The molecule has 0 aliphatic heterocycles. The molecule has 2 unspecified atom stereocenters. The Kier molecular flexibility index (Phi) is 6.95. The maximum atomic E-state index is 12.3. The molecular weight excluding hydrogens is 396 g/mol. The van der Waals surface area contributed by atoms with Crippen molar-refractivity contribution in [1.82, 2.24) is 10.2 Å². The first-order chi connectivity index (χ1) is 14.8. The van der Waals surface area contributed by atoms with E-state index in [1.165, 1.54) is 30.0 Å². The maximum absolute atomic E-state index is 12.3. The number of carboxylic acid groups (broad SMARTS) is 1. The number of rotatable bonds is 8. The van der Waals surface area contributed by atoms with Crippen molar-refractivity contribution >= 4 is 18.0 Å². The molecular formula is C24H28N2O5. The highest BCUT2D eigenvalue weighted by Gasteiger charge is 2.29. The van der Waals surface area contributed by atoms with Crippen molar-refractivity contribution in [2.75, 3.05) is 20.2 Å². The van der Waals surface area contributed by atoms with Crippen LogP contribution >= 0.6 is 0 Å². The molecule has 3 rings (SSSR count). The Morgan fingerprint density at radius 1 is 1.03 bits per heavy atom. The second kappa shape index (κ2) is 9.64. The minimum atomic E-state index is -1.06. The van der Waals surface area contributed by atoms with Crippen LogP contribution in [0.2, 0.25) is 0 Å². The number of likely N-dealkylation sites (N-methyl/N-ethyl adjacent to an activating group) is 1. The number of fused-ring (bicyclic) bond motifs is 3. The monoisotopic (exact) mass is 424 g/mol. The normalized spacial score (nSPS) is 14.2. The van der Waals surface area contributed by atoms with Crippen molar-refractivity contribution in [2.24, 2.45) is 5.92 Å². The molecule has 0 fully saturated rings. The number of amides is 2. The number of ether oxygens (including phenoxy) is 1. The molecule has 1 aliphatic carbocycles. The highest BCUT2D eigenvalue weighted by Crippen LogP contribution is 2.44. The lowest BCUT2D eigenvalue weighted by Gasteiger charge is -2.24. The van der Waals surface area contributed by atoms with Gasteiger partial charge in [0.05, 0.1) is 0 Å². The lowest BCUT2D eigenvalue weighted by Crippen LogP contribution is -2.43. The molecule has 7 heteroatoms. The summed E-state index contributed by atoms with van der Waals surface area (Å²) >= 11 is 0. The van der Waals surface area contributed by atoms with Gasteiger partial charge in [0.15, 0.2) is 0 Å². The van der Waals surface area contributed by atoms with Gasteiger partial charge < -0.3 is 20.1 Å². The van der Waals surface area contributed by atoms with E-state index < -0.39 is 24.0 Å². The molecule has 0 bridgehead atoms. The second-order valence-corrected chi connectivity index (χ2v) is 7.91. The van der Waals surface area contributed by atoms with Crippen LogP contribution in [0.15, 0.2) is 48.5 Å². The Hall–Kier alpha value is -3.35. The molecule has 2 aromatic carbocycles. The van der Waals surface area contributed by atoms with Crippen LogP contribution in [0.1, 0.15) is 37.3 Å². The van der Waals surface area contributed by atoms with Crippen LogP contribution in [0.4, 0.5) is 4.79 Å². The Morgan fingerprint density at radius 3 is 2.13 bits per heavy atom. The van der Waals surface area contributed by atoms with Gasteiger partial charge in [-0.25, -0.2) is 9.59 Å². The quantitative estimate of drug-likeness (QED) is 0.676. The topological polar surface area (TPSA) is 95.9 Å². The predicted octanol–water partition coefficient (Wildman–Crippen LogP) is 3.48. The minimum Gasteiger partial charge on any atom is -0.480 e. The molecule has 7 nitrogen and oxygen atoms in total. The average molecular weight is 424 g/mol. The van der Waals surface area contributed by atoms with E-state index in [4.69, 9.17) is 9.84 Å². The third kappa shape index (κ3) is 4.87. The van der Waals surface area contributed by atoms with Crippen LogP contribution in [-0.4, -0.2) is 54.2 Å². The van der Waals surface area contributed by atoms with Crippen LogP contribution < -0.4 is 5.32 Å². The Balaban J connectivity index is 1.49. The smallest absolute Gasteiger partial charge is 0.407 e. The summed E-state index contributed by atoms with van der Waals surface area (Å²) in [6.07, 6.45) is -0.145. The zero-order chi connectivity index (χ0) is 22.5. The van der Waals surface area contributed by atoms with Gasteiger partial charge >= 0.3 is 12.1 Å². The molecule has 2 atom stereocenters. The molecule has 0 spiro atoms. The molecule has 0 heterocycles. The summed E-state index contributed by atoms with van der Waals surface area (Å²) in [6.45, 7) is 3.67. The number of alkyl carbamates (subject to hydrolysis) is 1. The first-order valence-electron chi connectivity index (χ1n) is 10.4.